The van der Waals surface area contributed by atoms with E-state index in [-0.39, 0.29) is 9.26 Å². The molecule has 1 aromatic heterocycles. The first-order valence-electron chi connectivity index (χ1n) is 3.35. The monoisotopic (exact) mass is 440 g/mol. The zero-order valence-electron chi connectivity index (χ0n) is 6.77. The molecule has 0 saturated heterocycles. The van der Waals surface area contributed by atoms with Crippen molar-refractivity contribution >= 4 is 45.2 Å². The number of hydrogen-bond donors (Lipinski definition) is 0. The molecule has 0 amide bonds. The highest BCUT2D eigenvalue weighted by Gasteiger charge is 2.34. The lowest BCUT2D eigenvalue weighted by atomic mass is 10.3. The number of ether oxygens (including phenoxy) is 1. The standard InChI is InChI=1S/C7HF3I2N2O/c8-7(9,10)15-6-4(1-13)14-2-3(11)5(6)12/h2H. The van der Waals surface area contributed by atoms with Crippen LogP contribution < -0.4 is 4.74 Å². The summed E-state index contributed by atoms with van der Waals surface area (Å²) in [7, 11) is 0. The number of hydrogen-bond acceptors (Lipinski definition) is 3. The molecule has 0 N–H and O–H groups in total. The quantitative estimate of drug-likeness (QED) is 0.632. The fourth-order valence-electron chi connectivity index (χ4n) is 0.737. The Morgan fingerprint density at radius 3 is 2.47 bits per heavy atom. The summed E-state index contributed by atoms with van der Waals surface area (Å²) >= 11 is 3.48. The molecule has 1 rings (SSSR count). The van der Waals surface area contributed by atoms with Gasteiger partial charge in [0.1, 0.15) is 6.07 Å². The van der Waals surface area contributed by atoms with Crippen molar-refractivity contribution in [2.45, 2.75) is 6.36 Å². The number of rotatable bonds is 1. The van der Waals surface area contributed by atoms with Gasteiger partial charge in [-0.15, -0.1) is 13.2 Å². The first kappa shape index (κ1) is 12.8. The zero-order valence-corrected chi connectivity index (χ0v) is 11.1. The van der Waals surface area contributed by atoms with Crippen molar-refractivity contribution in [2.24, 2.45) is 0 Å². The van der Waals surface area contributed by atoms with Gasteiger partial charge in [-0.1, -0.05) is 0 Å². The Kier molecular flexibility index (Phi) is 3.99. The number of nitrogens with zero attached hydrogens (tertiary/aromatic N) is 2. The van der Waals surface area contributed by atoms with Crippen LogP contribution >= 0.6 is 45.2 Å². The van der Waals surface area contributed by atoms with Gasteiger partial charge in [-0.2, -0.15) is 5.26 Å². The minimum Gasteiger partial charge on any atom is -0.401 e. The lowest BCUT2D eigenvalue weighted by Crippen LogP contribution is -2.19. The number of nitriles is 1. The third-order valence-corrected chi connectivity index (χ3v) is 4.18. The smallest absolute Gasteiger partial charge is 0.401 e. The number of halogens is 5. The summed E-state index contributed by atoms with van der Waals surface area (Å²) in [6, 6.07) is 1.54. The highest BCUT2D eigenvalue weighted by atomic mass is 127. The molecule has 0 radical (unpaired) electrons. The van der Waals surface area contributed by atoms with Gasteiger partial charge >= 0.3 is 6.36 Å². The third kappa shape index (κ3) is 3.33. The summed E-state index contributed by atoms with van der Waals surface area (Å²) in [6.07, 6.45) is -3.51. The van der Waals surface area contributed by atoms with Gasteiger partial charge in [0.05, 0.1) is 3.57 Å². The van der Waals surface area contributed by atoms with Crippen molar-refractivity contribution in [3.05, 3.63) is 19.0 Å². The predicted molar refractivity (Wildman–Crippen MR) is 61.1 cm³/mol. The van der Waals surface area contributed by atoms with Gasteiger partial charge in [0.25, 0.3) is 0 Å². The largest absolute Gasteiger partial charge is 0.573 e. The molecule has 1 aromatic rings. The molecule has 0 fully saturated rings. The second kappa shape index (κ2) is 4.69. The molecule has 8 heteroatoms. The van der Waals surface area contributed by atoms with Crippen LogP contribution in [0.15, 0.2) is 6.20 Å². The third-order valence-electron chi connectivity index (χ3n) is 1.25. The van der Waals surface area contributed by atoms with E-state index in [4.69, 9.17) is 5.26 Å². The SMILES string of the molecule is N#Cc1ncc(I)c(I)c1OC(F)(F)F. The van der Waals surface area contributed by atoms with Crippen molar-refractivity contribution in [1.82, 2.24) is 4.98 Å². The molecule has 80 valence electrons. The van der Waals surface area contributed by atoms with Gasteiger partial charge in [-0.25, -0.2) is 4.98 Å². The molecular weight excluding hydrogens is 439 g/mol. The second-order valence-electron chi connectivity index (χ2n) is 2.26. The first-order chi connectivity index (χ1) is 6.85. The van der Waals surface area contributed by atoms with E-state index < -0.39 is 12.1 Å². The maximum absolute atomic E-state index is 12.0. The van der Waals surface area contributed by atoms with E-state index in [9.17, 15) is 13.2 Å². The summed E-state index contributed by atoms with van der Waals surface area (Å²) in [5, 5.41) is 8.56. The Labute approximate surface area is 110 Å². The minimum atomic E-state index is -4.82. The van der Waals surface area contributed by atoms with Gasteiger partial charge in [-0.3, -0.25) is 0 Å². The summed E-state index contributed by atoms with van der Waals surface area (Å²) in [5.41, 5.74) is -0.378. The normalized spacial score (nSPS) is 10.9. The molecule has 15 heavy (non-hydrogen) atoms. The van der Waals surface area contributed by atoms with Crippen LogP contribution in [0.3, 0.4) is 0 Å². The van der Waals surface area contributed by atoms with Crippen LogP contribution in [0.5, 0.6) is 5.75 Å². The Morgan fingerprint density at radius 2 is 2.00 bits per heavy atom. The van der Waals surface area contributed by atoms with Crippen molar-refractivity contribution in [2.75, 3.05) is 0 Å². The molecule has 0 spiro atoms. The van der Waals surface area contributed by atoms with Gasteiger partial charge in [0.15, 0.2) is 11.4 Å². The average Bonchev–Trinajstić information content (AvgIpc) is 2.11. The molecule has 0 unspecified atom stereocenters. The fourth-order valence-corrected chi connectivity index (χ4v) is 1.63. The van der Waals surface area contributed by atoms with Gasteiger partial charge in [0, 0.05) is 9.77 Å². The van der Waals surface area contributed by atoms with E-state index in [2.05, 4.69) is 9.72 Å². The molecule has 0 aliphatic carbocycles. The van der Waals surface area contributed by atoms with Crippen molar-refractivity contribution < 1.29 is 17.9 Å². The highest BCUT2D eigenvalue weighted by Crippen LogP contribution is 2.32. The summed E-state index contributed by atoms with van der Waals surface area (Å²) < 4.78 is 40.5. The van der Waals surface area contributed by atoms with Crippen LogP contribution in [-0.4, -0.2) is 11.3 Å². The van der Waals surface area contributed by atoms with Crippen LogP contribution in [0.4, 0.5) is 13.2 Å². The molecule has 3 nitrogen and oxygen atoms in total. The summed E-state index contributed by atoms with van der Waals surface area (Å²) in [6.45, 7) is 0. The van der Waals surface area contributed by atoms with Crippen molar-refractivity contribution in [1.29, 1.82) is 5.26 Å². The predicted octanol–water partition coefficient (Wildman–Crippen LogP) is 3.06. The summed E-state index contributed by atoms with van der Waals surface area (Å²) in [5.74, 6) is -0.544. The number of alkyl halides is 3. The van der Waals surface area contributed by atoms with E-state index in [1.807, 2.05) is 22.6 Å². The van der Waals surface area contributed by atoms with Gasteiger partial charge in [-0.05, 0) is 45.2 Å². The minimum absolute atomic E-state index is 0.220. The van der Waals surface area contributed by atoms with Crippen molar-refractivity contribution in [3.63, 3.8) is 0 Å². The van der Waals surface area contributed by atoms with Crippen molar-refractivity contribution in [3.8, 4) is 11.8 Å². The second-order valence-corrected chi connectivity index (χ2v) is 4.50. The van der Waals surface area contributed by atoms with E-state index in [1.165, 1.54) is 6.20 Å². The highest BCUT2D eigenvalue weighted by molar-refractivity contribution is 14.1. The molecule has 0 aliphatic heterocycles. The molecule has 0 saturated carbocycles. The molecule has 0 bridgehead atoms. The lowest BCUT2D eigenvalue weighted by Gasteiger charge is -2.11. The number of aromatic nitrogens is 1. The van der Waals surface area contributed by atoms with Crippen LogP contribution in [0.25, 0.3) is 0 Å². The van der Waals surface area contributed by atoms with Crippen LogP contribution in [0.2, 0.25) is 0 Å². The zero-order chi connectivity index (χ0) is 11.6. The number of pyridine rings is 1. The van der Waals surface area contributed by atoms with E-state index in [0.717, 1.165) is 0 Å². The maximum Gasteiger partial charge on any atom is 0.573 e. The Bertz CT molecular complexity index is 427. The van der Waals surface area contributed by atoms with Crippen LogP contribution in [0, 0.1) is 18.5 Å². The molecular formula is C7HF3I2N2O. The van der Waals surface area contributed by atoms with E-state index in [1.54, 1.807) is 28.7 Å². The topological polar surface area (TPSA) is 45.9 Å². The molecule has 0 aliphatic rings. The Balaban J connectivity index is 3.26. The fraction of sp³-hybridized carbons (Fsp3) is 0.143. The van der Waals surface area contributed by atoms with E-state index >= 15 is 0 Å². The first-order valence-corrected chi connectivity index (χ1v) is 5.50. The van der Waals surface area contributed by atoms with Gasteiger partial charge < -0.3 is 4.74 Å². The Hall–Kier alpha value is -0.310. The lowest BCUT2D eigenvalue weighted by molar-refractivity contribution is -0.275. The Morgan fingerprint density at radius 1 is 1.40 bits per heavy atom. The maximum atomic E-state index is 12.0. The van der Waals surface area contributed by atoms with Crippen LogP contribution in [0.1, 0.15) is 5.69 Å². The summed E-state index contributed by atoms with van der Waals surface area (Å²) in [4.78, 5) is 3.54. The molecule has 1 heterocycles. The van der Waals surface area contributed by atoms with Gasteiger partial charge in [0.2, 0.25) is 0 Å². The molecule has 0 atom stereocenters. The molecule has 0 aromatic carbocycles. The van der Waals surface area contributed by atoms with E-state index in [0.29, 0.717) is 3.57 Å². The van der Waals surface area contributed by atoms with Crippen LogP contribution in [-0.2, 0) is 0 Å². The average molecular weight is 440 g/mol.